The summed E-state index contributed by atoms with van der Waals surface area (Å²) in [6, 6.07) is 21.5. The van der Waals surface area contributed by atoms with E-state index in [9.17, 15) is 9.59 Å². The molecule has 0 bridgehead atoms. The molecule has 0 aliphatic rings. The van der Waals surface area contributed by atoms with E-state index in [1.54, 1.807) is 50.6 Å². The number of hydrogen-bond acceptors (Lipinski definition) is 4. The third-order valence-corrected chi connectivity index (χ3v) is 4.39. The number of ether oxygens (including phenoxy) is 1. The minimum atomic E-state index is -0.216. The normalized spacial score (nSPS) is 10.6. The van der Waals surface area contributed by atoms with Crippen LogP contribution in [0.1, 0.15) is 26.3 Å². The molecule has 0 fully saturated rings. The molecule has 1 amide bonds. The average Bonchev–Trinajstić information content (AvgIpc) is 2.78. The Balaban J connectivity index is 1.67. The maximum absolute atomic E-state index is 12.5. The van der Waals surface area contributed by atoms with Crippen LogP contribution >= 0.6 is 0 Å². The monoisotopic (exact) mass is 386 g/mol. The van der Waals surface area contributed by atoms with Crippen LogP contribution in [0, 0.1) is 0 Å². The fourth-order valence-corrected chi connectivity index (χ4v) is 2.83. The Morgan fingerprint density at radius 3 is 2.41 bits per heavy atom. The van der Waals surface area contributed by atoms with Crippen molar-refractivity contribution in [2.24, 2.45) is 0 Å². The van der Waals surface area contributed by atoms with E-state index in [1.165, 1.54) is 6.08 Å². The molecular weight excluding hydrogens is 364 g/mol. The van der Waals surface area contributed by atoms with Gasteiger partial charge in [-0.1, -0.05) is 30.3 Å². The first-order valence-corrected chi connectivity index (χ1v) is 9.15. The molecular formula is C24H22N2O3. The lowest BCUT2D eigenvalue weighted by Gasteiger charge is -2.10. The average molecular weight is 386 g/mol. The topological polar surface area (TPSA) is 67.4 Å². The second-order valence-corrected chi connectivity index (χ2v) is 6.30. The summed E-state index contributed by atoms with van der Waals surface area (Å²) < 4.78 is 5.18. The minimum absolute atomic E-state index is 0.119. The summed E-state index contributed by atoms with van der Waals surface area (Å²) in [7, 11) is 3.37. The van der Waals surface area contributed by atoms with Crippen molar-refractivity contribution in [1.82, 2.24) is 0 Å². The highest BCUT2D eigenvalue weighted by Gasteiger charge is 2.10. The SMILES string of the molecule is CNc1ccccc1C(=O)Nc1ccc(C(=O)/C=C/c2cccc(OC)c2)cc1. The van der Waals surface area contributed by atoms with Crippen LogP contribution < -0.4 is 15.4 Å². The van der Waals surface area contributed by atoms with Gasteiger partial charge in [-0.05, 0) is 60.2 Å². The van der Waals surface area contributed by atoms with Crippen LogP contribution in [0.2, 0.25) is 0 Å². The summed E-state index contributed by atoms with van der Waals surface area (Å²) >= 11 is 0. The lowest BCUT2D eigenvalue weighted by atomic mass is 10.1. The number of para-hydroxylation sites is 1. The van der Waals surface area contributed by atoms with Crippen molar-refractivity contribution in [3.63, 3.8) is 0 Å². The van der Waals surface area contributed by atoms with Crippen LogP contribution in [-0.4, -0.2) is 25.8 Å². The van der Waals surface area contributed by atoms with Crippen molar-refractivity contribution in [3.05, 3.63) is 95.6 Å². The van der Waals surface area contributed by atoms with Crippen molar-refractivity contribution in [2.75, 3.05) is 24.8 Å². The van der Waals surface area contributed by atoms with Crippen LogP contribution in [0.4, 0.5) is 11.4 Å². The summed E-state index contributed by atoms with van der Waals surface area (Å²) in [5.74, 6) is 0.401. The molecule has 0 saturated carbocycles. The maximum Gasteiger partial charge on any atom is 0.257 e. The second kappa shape index (κ2) is 9.37. The van der Waals surface area contributed by atoms with Gasteiger partial charge in [-0.3, -0.25) is 9.59 Å². The maximum atomic E-state index is 12.5. The fraction of sp³-hybridized carbons (Fsp3) is 0.0833. The van der Waals surface area contributed by atoms with Crippen LogP contribution in [0.25, 0.3) is 6.08 Å². The molecule has 0 spiro atoms. The van der Waals surface area contributed by atoms with Gasteiger partial charge in [-0.2, -0.15) is 0 Å². The fourth-order valence-electron chi connectivity index (χ4n) is 2.83. The van der Waals surface area contributed by atoms with Crippen molar-refractivity contribution in [2.45, 2.75) is 0 Å². The first-order valence-electron chi connectivity index (χ1n) is 9.15. The van der Waals surface area contributed by atoms with Crippen LogP contribution in [0.3, 0.4) is 0 Å². The van der Waals surface area contributed by atoms with Crippen LogP contribution in [0.5, 0.6) is 5.75 Å². The third kappa shape index (κ3) is 5.11. The van der Waals surface area contributed by atoms with Crippen molar-refractivity contribution in [1.29, 1.82) is 0 Å². The number of allylic oxidation sites excluding steroid dienone is 1. The zero-order valence-electron chi connectivity index (χ0n) is 16.3. The number of nitrogens with one attached hydrogen (secondary N) is 2. The number of amides is 1. The molecule has 3 aromatic carbocycles. The lowest BCUT2D eigenvalue weighted by molar-refractivity contribution is 0.102. The molecule has 146 valence electrons. The molecule has 3 aromatic rings. The van der Waals surface area contributed by atoms with E-state index < -0.39 is 0 Å². The number of carbonyl (C=O) groups excluding carboxylic acids is 2. The molecule has 2 N–H and O–H groups in total. The first kappa shape index (κ1) is 19.9. The third-order valence-electron chi connectivity index (χ3n) is 4.39. The molecule has 0 heterocycles. The molecule has 0 aliphatic heterocycles. The Bertz CT molecular complexity index is 1040. The zero-order valence-corrected chi connectivity index (χ0v) is 16.3. The van der Waals surface area contributed by atoms with Gasteiger partial charge in [0, 0.05) is 24.0 Å². The van der Waals surface area contributed by atoms with Gasteiger partial charge in [-0.25, -0.2) is 0 Å². The predicted molar refractivity (Wildman–Crippen MR) is 117 cm³/mol. The minimum Gasteiger partial charge on any atom is -0.497 e. The quantitative estimate of drug-likeness (QED) is 0.448. The Morgan fingerprint density at radius 1 is 0.931 bits per heavy atom. The zero-order chi connectivity index (χ0) is 20.6. The van der Waals surface area contributed by atoms with E-state index in [4.69, 9.17) is 4.74 Å². The standard InChI is InChI=1S/C24H22N2O3/c1-25-22-9-4-3-8-21(22)24(28)26-19-13-11-18(12-14-19)23(27)15-10-17-6-5-7-20(16-17)29-2/h3-16,25H,1-2H3,(H,26,28)/b15-10+. The molecule has 3 rings (SSSR count). The number of rotatable bonds is 7. The van der Waals surface area contributed by atoms with E-state index >= 15 is 0 Å². The molecule has 0 aromatic heterocycles. The van der Waals surface area contributed by atoms with Crippen molar-refractivity contribution >= 4 is 29.1 Å². The van der Waals surface area contributed by atoms with Gasteiger partial charge in [0.05, 0.1) is 12.7 Å². The molecule has 0 saturated heterocycles. The van der Waals surface area contributed by atoms with E-state index in [1.807, 2.05) is 42.5 Å². The highest BCUT2D eigenvalue weighted by Crippen LogP contribution is 2.18. The number of carbonyl (C=O) groups is 2. The molecule has 5 nitrogen and oxygen atoms in total. The number of benzene rings is 3. The predicted octanol–water partition coefficient (Wildman–Crippen LogP) is 4.89. The molecule has 5 heteroatoms. The number of methoxy groups -OCH3 is 1. The first-order chi connectivity index (χ1) is 14.1. The van der Waals surface area contributed by atoms with Crippen LogP contribution in [0.15, 0.2) is 78.9 Å². The van der Waals surface area contributed by atoms with Crippen LogP contribution in [-0.2, 0) is 0 Å². The van der Waals surface area contributed by atoms with Gasteiger partial charge >= 0.3 is 0 Å². The summed E-state index contributed by atoms with van der Waals surface area (Å²) in [5.41, 5.74) is 3.34. The Kier molecular flexibility index (Phi) is 6.43. The van der Waals surface area contributed by atoms with Gasteiger partial charge in [0.25, 0.3) is 5.91 Å². The van der Waals surface area contributed by atoms with Crippen molar-refractivity contribution < 1.29 is 14.3 Å². The highest BCUT2D eigenvalue weighted by atomic mass is 16.5. The number of hydrogen-bond donors (Lipinski definition) is 2. The number of anilines is 2. The van der Waals surface area contributed by atoms with Gasteiger partial charge in [-0.15, -0.1) is 0 Å². The molecule has 0 aliphatic carbocycles. The summed E-state index contributed by atoms with van der Waals surface area (Å²) in [6.07, 6.45) is 3.26. The molecule has 29 heavy (non-hydrogen) atoms. The highest BCUT2D eigenvalue weighted by molar-refractivity contribution is 6.09. The van der Waals surface area contributed by atoms with Crippen molar-refractivity contribution in [3.8, 4) is 5.75 Å². The summed E-state index contributed by atoms with van der Waals surface area (Å²) in [5, 5.41) is 5.85. The summed E-state index contributed by atoms with van der Waals surface area (Å²) in [6.45, 7) is 0. The van der Waals surface area contributed by atoms with Gasteiger partial charge in [0.1, 0.15) is 5.75 Å². The van der Waals surface area contributed by atoms with Gasteiger partial charge in [0.15, 0.2) is 5.78 Å². The second-order valence-electron chi connectivity index (χ2n) is 6.30. The van der Waals surface area contributed by atoms with Gasteiger partial charge in [0.2, 0.25) is 0 Å². The van der Waals surface area contributed by atoms with E-state index in [0.29, 0.717) is 16.8 Å². The van der Waals surface area contributed by atoms with E-state index in [0.717, 1.165) is 17.0 Å². The Labute approximate surface area is 170 Å². The molecule has 0 radical (unpaired) electrons. The van der Waals surface area contributed by atoms with E-state index in [2.05, 4.69) is 10.6 Å². The summed E-state index contributed by atoms with van der Waals surface area (Å²) in [4.78, 5) is 24.9. The largest absolute Gasteiger partial charge is 0.497 e. The van der Waals surface area contributed by atoms with E-state index in [-0.39, 0.29) is 11.7 Å². The molecule has 0 atom stereocenters. The number of ketones is 1. The van der Waals surface area contributed by atoms with Gasteiger partial charge < -0.3 is 15.4 Å². The smallest absolute Gasteiger partial charge is 0.257 e. The Morgan fingerprint density at radius 2 is 1.69 bits per heavy atom. The molecule has 0 unspecified atom stereocenters. The Hall–Kier alpha value is -3.86. The lowest BCUT2D eigenvalue weighted by Crippen LogP contribution is -2.14.